The van der Waals surface area contributed by atoms with Gasteiger partial charge in [-0.1, -0.05) is 36.4 Å². The van der Waals surface area contributed by atoms with Crippen molar-refractivity contribution in [2.45, 2.75) is 25.7 Å². The van der Waals surface area contributed by atoms with Gasteiger partial charge in [-0.3, -0.25) is 9.59 Å². The van der Waals surface area contributed by atoms with Gasteiger partial charge in [-0.25, -0.2) is 0 Å². The molecule has 2 N–H and O–H groups in total. The number of hydrogen-bond donors (Lipinski definition) is 2. The van der Waals surface area contributed by atoms with Gasteiger partial charge in [0.15, 0.2) is 5.78 Å². The van der Waals surface area contributed by atoms with Crippen molar-refractivity contribution in [3.8, 4) is 5.75 Å². The number of nitrogens with zero attached hydrogens (tertiary/aromatic N) is 1. The fraction of sp³-hybridized carbons (Fsp3) is 0.308. The Labute approximate surface area is 187 Å². The van der Waals surface area contributed by atoms with Gasteiger partial charge >= 0.3 is 0 Å². The number of ketones is 1. The predicted molar refractivity (Wildman–Crippen MR) is 128 cm³/mol. The standard InChI is InChI=1S/C26H28N2O4/c29-16-7-17-32-20-9-6-8-19(18-20)12-13-23(30)24-25(28-14-4-1-5-15-28)21-10-2-3-11-22(21)27-26(24)31/h2-3,6,8-13,18,29H,1,4-5,7,14-17H2,(H,27,31)/b13-12+. The van der Waals surface area contributed by atoms with E-state index in [0.29, 0.717) is 18.8 Å². The van der Waals surface area contributed by atoms with Crippen LogP contribution in [0.4, 0.5) is 5.69 Å². The van der Waals surface area contributed by atoms with Crippen molar-refractivity contribution >= 4 is 28.4 Å². The molecule has 0 radical (unpaired) electrons. The lowest BCUT2D eigenvalue weighted by molar-refractivity contribution is 0.104. The minimum atomic E-state index is -0.361. The molecule has 1 saturated heterocycles. The molecule has 6 nitrogen and oxygen atoms in total. The molecule has 1 aromatic heterocycles. The Bertz CT molecular complexity index is 1180. The van der Waals surface area contributed by atoms with Gasteiger partial charge in [0.25, 0.3) is 5.56 Å². The lowest BCUT2D eigenvalue weighted by Gasteiger charge is -2.31. The number of pyridine rings is 1. The number of para-hydroxylation sites is 1. The number of nitrogens with one attached hydrogen (secondary N) is 1. The molecule has 0 spiro atoms. The van der Waals surface area contributed by atoms with Crippen molar-refractivity contribution in [3.05, 3.63) is 76.1 Å². The fourth-order valence-electron chi connectivity index (χ4n) is 4.12. The highest BCUT2D eigenvalue weighted by molar-refractivity contribution is 6.14. The van der Waals surface area contributed by atoms with Gasteiger partial charge < -0.3 is 19.7 Å². The average molecular weight is 433 g/mol. The number of carbonyl (C=O) groups is 1. The number of aromatic amines is 1. The maximum atomic E-state index is 13.2. The highest BCUT2D eigenvalue weighted by atomic mass is 16.5. The van der Waals surface area contributed by atoms with Crippen LogP contribution in [0.1, 0.15) is 41.6 Å². The zero-order chi connectivity index (χ0) is 22.3. The molecule has 6 heteroatoms. The second kappa shape index (κ2) is 10.3. The molecule has 0 unspecified atom stereocenters. The number of aliphatic hydroxyl groups is 1. The second-order valence-corrected chi connectivity index (χ2v) is 7.97. The van der Waals surface area contributed by atoms with Gasteiger partial charge in [-0.2, -0.15) is 0 Å². The summed E-state index contributed by atoms with van der Waals surface area (Å²) in [5.41, 5.74) is 2.11. The number of rotatable bonds is 8. The number of fused-ring (bicyclic) bond motifs is 1. The Kier molecular flexibility index (Phi) is 7.02. The van der Waals surface area contributed by atoms with E-state index in [0.717, 1.165) is 54.5 Å². The molecule has 0 atom stereocenters. The molecule has 0 saturated carbocycles. The van der Waals surface area contributed by atoms with Gasteiger partial charge in [0.05, 0.1) is 17.8 Å². The number of piperidine rings is 1. The van der Waals surface area contributed by atoms with Crippen LogP contribution in [-0.4, -0.2) is 42.2 Å². The molecule has 0 amide bonds. The molecular formula is C26H28N2O4. The van der Waals surface area contributed by atoms with E-state index in [9.17, 15) is 9.59 Å². The molecule has 1 fully saturated rings. The van der Waals surface area contributed by atoms with Crippen LogP contribution in [0, 0.1) is 0 Å². The summed E-state index contributed by atoms with van der Waals surface area (Å²) in [6.07, 6.45) is 6.98. The van der Waals surface area contributed by atoms with Crippen molar-refractivity contribution in [1.29, 1.82) is 0 Å². The topological polar surface area (TPSA) is 82.6 Å². The van der Waals surface area contributed by atoms with Crippen LogP contribution in [0.25, 0.3) is 17.0 Å². The van der Waals surface area contributed by atoms with E-state index in [1.54, 1.807) is 6.08 Å². The lowest BCUT2D eigenvalue weighted by Crippen LogP contribution is -2.33. The molecule has 1 aliphatic heterocycles. The van der Waals surface area contributed by atoms with E-state index >= 15 is 0 Å². The number of aromatic nitrogens is 1. The Hall–Kier alpha value is -3.38. The predicted octanol–water partition coefficient (Wildman–Crippen LogP) is 4.18. The van der Waals surface area contributed by atoms with E-state index in [-0.39, 0.29) is 23.5 Å². The number of anilines is 1. The summed E-state index contributed by atoms with van der Waals surface area (Å²) in [5.74, 6) is 0.356. The largest absolute Gasteiger partial charge is 0.493 e. The maximum absolute atomic E-state index is 13.2. The fourth-order valence-corrected chi connectivity index (χ4v) is 4.12. The smallest absolute Gasteiger partial charge is 0.261 e. The monoisotopic (exact) mass is 432 g/mol. The molecule has 1 aliphatic rings. The van der Waals surface area contributed by atoms with E-state index in [1.807, 2.05) is 48.5 Å². The summed E-state index contributed by atoms with van der Waals surface area (Å²) in [5, 5.41) is 9.79. The first-order valence-corrected chi connectivity index (χ1v) is 11.1. The van der Waals surface area contributed by atoms with E-state index in [4.69, 9.17) is 9.84 Å². The van der Waals surface area contributed by atoms with Crippen molar-refractivity contribution in [3.63, 3.8) is 0 Å². The third-order valence-electron chi connectivity index (χ3n) is 5.67. The molecule has 3 aromatic rings. The number of allylic oxidation sites excluding steroid dienone is 1. The minimum Gasteiger partial charge on any atom is -0.493 e. The number of aliphatic hydroxyl groups excluding tert-OH is 1. The first-order chi connectivity index (χ1) is 15.7. The SMILES string of the molecule is O=C(/C=C/c1cccc(OCCCO)c1)c1c(N2CCCCC2)c2ccccc2[nH]c1=O. The molecule has 4 rings (SSSR count). The summed E-state index contributed by atoms with van der Waals surface area (Å²) in [7, 11) is 0. The van der Waals surface area contributed by atoms with Gasteiger partial charge in [-0.05, 0) is 49.1 Å². The molecular weight excluding hydrogens is 404 g/mol. The highest BCUT2D eigenvalue weighted by Gasteiger charge is 2.23. The number of ether oxygens (including phenoxy) is 1. The van der Waals surface area contributed by atoms with Gasteiger partial charge in [0.2, 0.25) is 0 Å². The van der Waals surface area contributed by atoms with Crippen LogP contribution in [-0.2, 0) is 0 Å². The summed E-state index contributed by atoms with van der Waals surface area (Å²) >= 11 is 0. The summed E-state index contributed by atoms with van der Waals surface area (Å²) in [4.78, 5) is 31.3. The Balaban J connectivity index is 1.67. The maximum Gasteiger partial charge on any atom is 0.261 e. The normalized spacial score (nSPS) is 14.2. The Morgan fingerprint density at radius 1 is 1.09 bits per heavy atom. The van der Waals surface area contributed by atoms with Crippen LogP contribution < -0.4 is 15.2 Å². The van der Waals surface area contributed by atoms with Crippen LogP contribution in [0.5, 0.6) is 5.75 Å². The summed E-state index contributed by atoms with van der Waals surface area (Å²) in [6, 6.07) is 15.0. The first-order valence-electron chi connectivity index (χ1n) is 11.1. The molecule has 2 aromatic carbocycles. The van der Waals surface area contributed by atoms with E-state index in [2.05, 4.69) is 9.88 Å². The van der Waals surface area contributed by atoms with E-state index < -0.39 is 0 Å². The van der Waals surface area contributed by atoms with E-state index in [1.165, 1.54) is 6.08 Å². The third kappa shape index (κ3) is 4.92. The highest BCUT2D eigenvalue weighted by Crippen LogP contribution is 2.30. The first kappa shape index (κ1) is 21.8. The summed E-state index contributed by atoms with van der Waals surface area (Å²) < 4.78 is 5.60. The number of H-pyrrole nitrogens is 1. The van der Waals surface area contributed by atoms with Crippen LogP contribution >= 0.6 is 0 Å². The Morgan fingerprint density at radius 3 is 2.72 bits per heavy atom. The third-order valence-corrected chi connectivity index (χ3v) is 5.67. The van der Waals surface area contributed by atoms with Gasteiger partial charge in [0, 0.05) is 31.5 Å². The zero-order valence-electron chi connectivity index (χ0n) is 18.0. The molecule has 32 heavy (non-hydrogen) atoms. The van der Waals surface area contributed by atoms with Crippen molar-refractivity contribution in [2.24, 2.45) is 0 Å². The van der Waals surface area contributed by atoms with Gasteiger partial charge in [0.1, 0.15) is 11.3 Å². The lowest BCUT2D eigenvalue weighted by atomic mass is 10.0. The van der Waals surface area contributed by atoms with Crippen molar-refractivity contribution < 1.29 is 14.6 Å². The number of benzene rings is 2. The molecule has 0 aliphatic carbocycles. The summed E-state index contributed by atoms with van der Waals surface area (Å²) in [6.45, 7) is 2.18. The molecule has 166 valence electrons. The number of carbonyl (C=O) groups excluding carboxylic acids is 1. The zero-order valence-corrected chi connectivity index (χ0v) is 18.0. The average Bonchev–Trinajstić information content (AvgIpc) is 2.82. The minimum absolute atomic E-state index is 0.0771. The Morgan fingerprint density at radius 2 is 1.91 bits per heavy atom. The van der Waals surface area contributed by atoms with Gasteiger partial charge in [-0.15, -0.1) is 0 Å². The second-order valence-electron chi connectivity index (χ2n) is 7.97. The number of hydrogen-bond acceptors (Lipinski definition) is 5. The molecule has 2 heterocycles. The quantitative estimate of drug-likeness (QED) is 0.317. The van der Waals surface area contributed by atoms with Crippen LogP contribution in [0.3, 0.4) is 0 Å². The van der Waals surface area contributed by atoms with Crippen LogP contribution in [0.15, 0.2) is 59.4 Å². The molecule has 0 bridgehead atoms. The van der Waals surface area contributed by atoms with Crippen molar-refractivity contribution in [2.75, 3.05) is 31.2 Å². The van der Waals surface area contributed by atoms with Crippen molar-refractivity contribution in [1.82, 2.24) is 4.98 Å². The van der Waals surface area contributed by atoms with Crippen LogP contribution in [0.2, 0.25) is 0 Å².